The van der Waals surface area contributed by atoms with E-state index in [0.29, 0.717) is 13.2 Å². The molecule has 2 N–H and O–H groups in total. The Bertz CT molecular complexity index is 318. The number of hydrogen-bond donors (Lipinski definition) is 2. The lowest BCUT2D eigenvalue weighted by molar-refractivity contribution is -0.120. The zero-order valence-corrected chi connectivity index (χ0v) is 9.71. The third kappa shape index (κ3) is 2.38. The SMILES string of the molecule is CC1=C(C(=O)NCC2(O)CCC2)CCCO1. The third-order valence-electron chi connectivity index (χ3n) is 3.45. The van der Waals surface area contributed by atoms with Crippen LogP contribution in [0, 0.1) is 0 Å². The molecular weight excluding hydrogens is 206 g/mol. The van der Waals surface area contributed by atoms with Crippen molar-refractivity contribution in [2.75, 3.05) is 13.2 Å². The Kier molecular flexibility index (Phi) is 3.19. The molecule has 0 atom stereocenters. The fraction of sp³-hybridized carbons (Fsp3) is 0.750. The zero-order chi connectivity index (χ0) is 11.6. The molecular formula is C12H19NO3. The summed E-state index contributed by atoms with van der Waals surface area (Å²) in [6.45, 7) is 2.89. The molecule has 0 aromatic rings. The molecule has 0 bridgehead atoms. The Morgan fingerprint density at radius 1 is 1.50 bits per heavy atom. The quantitative estimate of drug-likeness (QED) is 0.756. The molecule has 4 heteroatoms. The fourth-order valence-electron chi connectivity index (χ4n) is 2.12. The van der Waals surface area contributed by atoms with Gasteiger partial charge in [-0.05, 0) is 39.0 Å². The first-order chi connectivity index (χ1) is 7.61. The van der Waals surface area contributed by atoms with E-state index in [0.717, 1.165) is 43.4 Å². The number of rotatable bonds is 3. The van der Waals surface area contributed by atoms with Crippen molar-refractivity contribution >= 4 is 5.91 Å². The second kappa shape index (κ2) is 4.45. The van der Waals surface area contributed by atoms with Crippen molar-refractivity contribution in [2.24, 2.45) is 0 Å². The van der Waals surface area contributed by atoms with Crippen molar-refractivity contribution in [3.05, 3.63) is 11.3 Å². The summed E-state index contributed by atoms with van der Waals surface area (Å²) in [5.74, 6) is 0.641. The molecule has 1 aliphatic carbocycles. The van der Waals surface area contributed by atoms with Gasteiger partial charge in [0.25, 0.3) is 5.91 Å². The lowest BCUT2D eigenvalue weighted by atomic mass is 9.80. The first-order valence-electron chi connectivity index (χ1n) is 5.94. The van der Waals surface area contributed by atoms with E-state index < -0.39 is 5.60 Å². The van der Waals surface area contributed by atoms with Gasteiger partial charge in [-0.25, -0.2) is 0 Å². The minimum absolute atomic E-state index is 0.0856. The number of carbonyl (C=O) groups is 1. The molecule has 1 fully saturated rings. The van der Waals surface area contributed by atoms with Crippen molar-refractivity contribution in [3.63, 3.8) is 0 Å². The average Bonchev–Trinajstić information content (AvgIpc) is 2.24. The van der Waals surface area contributed by atoms with Crippen molar-refractivity contribution in [2.45, 2.75) is 44.6 Å². The highest BCUT2D eigenvalue weighted by Crippen LogP contribution is 2.30. The lowest BCUT2D eigenvalue weighted by Gasteiger charge is -2.36. The van der Waals surface area contributed by atoms with Crippen LogP contribution in [-0.4, -0.2) is 29.8 Å². The fourth-order valence-corrected chi connectivity index (χ4v) is 2.12. The third-order valence-corrected chi connectivity index (χ3v) is 3.45. The summed E-state index contributed by atoms with van der Waals surface area (Å²) < 4.78 is 5.34. The monoisotopic (exact) mass is 225 g/mol. The Hall–Kier alpha value is -1.03. The van der Waals surface area contributed by atoms with Crippen LogP contribution in [0.2, 0.25) is 0 Å². The molecule has 1 aliphatic heterocycles. The average molecular weight is 225 g/mol. The molecule has 2 rings (SSSR count). The largest absolute Gasteiger partial charge is 0.498 e. The van der Waals surface area contributed by atoms with Crippen LogP contribution < -0.4 is 5.32 Å². The minimum atomic E-state index is -0.653. The highest BCUT2D eigenvalue weighted by atomic mass is 16.5. The second-order valence-electron chi connectivity index (χ2n) is 4.75. The van der Waals surface area contributed by atoms with E-state index in [9.17, 15) is 9.90 Å². The Labute approximate surface area is 95.7 Å². The van der Waals surface area contributed by atoms with Crippen LogP contribution in [0.3, 0.4) is 0 Å². The Morgan fingerprint density at radius 3 is 2.81 bits per heavy atom. The maximum absolute atomic E-state index is 11.8. The van der Waals surface area contributed by atoms with Crippen LogP contribution in [0.5, 0.6) is 0 Å². The van der Waals surface area contributed by atoms with E-state index in [1.54, 1.807) is 0 Å². The molecule has 90 valence electrons. The van der Waals surface area contributed by atoms with Gasteiger partial charge in [0.05, 0.1) is 17.8 Å². The highest BCUT2D eigenvalue weighted by molar-refractivity contribution is 5.93. The van der Waals surface area contributed by atoms with Gasteiger partial charge in [0.1, 0.15) is 5.76 Å². The van der Waals surface area contributed by atoms with E-state index >= 15 is 0 Å². The van der Waals surface area contributed by atoms with Gasteiger partial charge in [-0.15, -0.1) is 0 Å². The van der Waals surface area contributed by atoms with Crippen LogP contribution in [0.1, 0.15) is 39.0 Å². The number of ether oxygens (including phenoxy) is 1. The smallest absolute Gasteiger partial charge is 0.250 e. The molecule has 0 spiro atoms. The first-order valence-corrected chi connectivity index (χ1v) is 5.94. The van der Waals surface area contributed by atoms with Crippen LogP contribution in [-0.2, 0) is 9.53 Å². The van der Waals surface area contributed by atoms with Gasteiger partial charge >= 0.3 is 0 Å². The van der Waals surface area contributed by atoms with Gasteiger partial charge in [0.2, 0.25) is 0 Å². The van der Waals surface area contributed by atoms with E-state index in [2.05, 4.69) is 5.32 Å². The van der Waals surface area contributed by atoms with Gasteiger partial charge in [-0.1, -0.05) is 0 Å². The molecule has 0 radical (unpaired) electrons. The van der Waals surface area contributed by atoms with Gasteiger partial charge in [-0.2, -0.15) is 0 Å². The summed E-state index contributed by atoms with van der Waals surface area (Å²) >= 11 is 0. The molecule has 2 aliphatic rings. The predicted octanol–water partition coefficient (Wildman–Crippen LogP) is 1.10. The van der Waals surface area contributed by atoms with Crippen LogP contribution in [0.4, 0.5) is 0 Å². The molecule has 1 saturated carbocycles. The molecule has 0 saturated heterocycles. The number of allylic oxidation sites excluding steroid dienone is 1. The predicted molar refractivity (Wildman–Crippen MR) is 59.7 cm³/mol. The van der Waals surface area contributed by atoms with Crippen molar-refractivity contribution < 1.29 is 14.6 Å². The number of carbonyl (C=O) groups excluding carboxylic acids is 1. The maximum atomic E-state index is 11.8. The van der Waals surface area contributed by atoms with Crippen molar-refractivity contribution in [3.8, 4) is 0 Å². The van der Waals surface area contributed by atoms with Crippen LogP contribution >= 0.6 is 0 Å². The molecule has 4 nitrogen and oxygen atoms in total. The maximum Gasteiger partial charge on any atom is 0.250 e. The molecule has 0 aromatic carbocycles. The van der Waals surface area contributed by atoms with E-state index in [4.69, 9.17) is 4.74 Å². The topological polar surface area (TPSA) is 58.6 Å². The Balaban J connectivity index is 1.87. The summed E-state index contributed by atoms with van der Waals surface area (Å²) in [6.07, 6.45) is 4.31. The second-order valence-corrected chi connectivity index (χ2v) is 4.75. The zero-order valence-electron chi connectivity index (χ0n) is 9.71. The lowest BCUT2D eigenvalue weighted by Crippen LogP contribution is -2.48. The first kappa shape index (κ1) is 11.5. The Morgan fingerprint density at radius 2 is 2.25 bits per heavy atom. The van der Waals surface area contributed by atoms with Gasteiger partial charge < -0.3 is 15.2 Å². The highest BCUT2D eigenvalue weighted by Gasteiger charge is 2.34. The number of nitrogens with one attached hydrogen (secondary N) is 1. The van der Waals surface area contributed by atoms with Gasteiger partial charge in [0, 0.05) is 6.54 Å². The molecule has 0 aromatic heterocycles. The number of aliphatic hydroxyl groups is 1. The van der Waals surface area contributed by atoms with E-state index in [-0.39, 0.29) is 5.91 Å². The summed E-state index contributed by atoms with van der Waals surface area (Å²) in [6, 6.07) is 0. The summed E-state index contributed by atoms with van der Waals surface area (Å²) in [4.78, 5) is 11.8. The molecule has 0 unspecified atom stereocenters. The van der Waals surface area contributed by atoms with Gasteiger partial charge in [0.15, 0.2) is 0 Å². The molecule has 1 amide bonds. The number of hydrogen-bond acceptors (Lipinski definition) is 3. The van der Waals surface area contributed by atoms with Gasteiger partial charge in [-0.3, -0.25) is 4.79 Å². The normalized spacial score (nSPS) is 23.4. The van der Waals surface area contributed by atoms with Crippen molar-refractivity contribution in [1.82, 2.24) is 5.32 Å². The van der Waals surface area contributed by atoms with Crippen LogP contribution in [0.15, 0.2) is 11.3 Å². The van der Waals surface area contributed by atoms with Crippen molar-refractivity contribution in [1.29, 1.82) is 0 Å². The molecule has 1 heterocycles. The molecule has 16 heavy (non-hydrogen) atoms. The minimum Gasteiger partial charge on any atom is -0.498 e. The summed E-state index contributed by atoms with van der Waals surface area (Å²) in [7, 11) is 0. The van der Waals surface area contributed by atoms with Crippen LogP contribution in [0.25, 0.3) is 0 Å². The van der Waals surface area contributed by atoms with E-state index in [1.807, 2.05) is 6.92 Å². The summed E-state index contributed by atoms with van der Waals surface area (Å²) in [5.41, 5.74) is 0.0776. The number of amides is 1. The standard InChI is InChI=1S/C12H19NO3/c1-9-10(4-2-7-16-9)11(14)13-8-12(15)5-3-6-12/h15H,2-8H2,1H3,(H,13,14). The van der Waals surface area contributed by atoms with E-state index in [1.165, 1.54) is 0 Å². The summed E-state index contributed by atoms with van der Waals surface area (Å²) in [5, 5.41) is 12.7.